The first-order chi connectivity index (χ1) is 12.4. The van der Waals surface area contributed by atoms with Gasteiger partial charge in [-0.05, 0) is 72.8 Å². The molecule has 3 heteroatoms. The summed E-state index contributed by atoms with van der Waals surface area (Å²) in [6.45, 7) is 8.69. The molecule has 0 aromatic heterocycles. The van der Waals surface area contributed by atoms with Crippen molar-refractivity contribution in [2.75, 3.05) is 0 Å². The van der Waals surface area contributed by atoms with E-state index in [1.807, 2.05) is 0 Å². The number of fused-ring (bicyclic) bond motifs is 1. The Kier molecular flexibility index (Phi) is 5.88. The average molecular weight is 359 g/mol. The molecule has 0 spiro atoms. The summed E-state index contributed by atoms with van der Waals surface area (Å²) < 4.78 is 0. The fourth-order valence-electron chi connectivity index (χ4n) is 6.00. The van der Waals surface area contributed by atoms with Gasteiger partial charge in [-0.25, -0.2) is 0 Å². The molecule has 144 valence electrons. The first kappa shape index (κ1) is 19.6. The quantitative estimate of drug-likeness (QED) is 0.735. The molecule has 0 unspecified atom stereocenters. The smallest absolute Gasteiger partial charge is 0.120 e. The molecule has 0 amide bonds. The van der Waals surface area contributed by atoms with Crippen LogP contribution in [-0.4, -0.2) is 28.7 Å². The summed E-state index contributed by atoms with van der Waals surface area (Å²) in [5.41, 5.74) is 3.55. The van der Waals surface area contributed by atoms with Gasteiger partial charge in [0.1, 0.15) is 6.29 Å². The standard InChI is InChI=1S/C23H34O3/c1-15(10-12-24)20-8-9-21-17(5-4-11-23(20,21)3)6-7-18-13-19(25)14-22(26)16(18)2/h6-7,12,15,19-22,25-26H,2,4-5,8-11,13-14H2,1,3H3/b17-6+,18-7-/t15-,19-,20-,21+,22+,23-/m1/s1. The number of aliphatic hydroxyl groups excluding tert-OH is 2. The molecule has 3 fully saturated rings. The number of allylic oxidation sites excluding steroid dienone is 3. The maximum absolute atomic E-state index is 11.0. The lowest BCUT2D eigenvalue weighted by Gasteiger charge is -2.44. The summed E-state index contributed by atoms with van der Waals surface area (Å²) in [5, 5.41) is 20.0. The number of aliphatic hydroxyl groups is 2. The molecule has 0 radical (unpaired) electrons. The van der Waals surface area contributed by atoms with Crippen molar-refractivity contribution in [3.05, 3.63) is 35.5 Å². The number of carbonyl (C=O) groups excluding carboxylic acids is 1. The normalized spacial score (nSPS) is 42.1. The van der Waals surface area contributed by atoms with Crippen LogP contribution < -0.4 is 0 Å². The third-order valence-electron chi connectivity index (χ3n) is 7.46. The molecular formula is C23H34O3. The lowest BCUT2D eigenvalue weighted by atomic mass is 9.61. The van der Waals surface area contributed by atoms with Gasteiger partial charge in [0.15, 0.2) is 0 Å². The molecule has 2 N–H and O–H groups in total. The van der Waals surface area contributed by atoms with Crippen LogP contribution in [0.3, 0.4) is 0 Å². The van der Waals surface area contributed by atoms with Crippen LogP contribution in [0.4, 0.5) is 0 Å². The SMILES string of the molecule is C=C1/C(=C\C=C2/CCC[C@]3(C)[C@@H]([C@H](C)CC=O)CC[C@@H]23)C[C@@H](O)C[C@@H]1O. The van der Waals surface area contributed by atoms with Crippen molar-refractivity contribution in [1.82, 2.24) is 0 Å². The number of carbonyl (C=O) groups is 1. The Hall–Kier alpha value is -1.19. The minimum atomic E-state index is -0.625. The fourth-order valence-corrected chi connectivity index (χ4v) is 6.00. The molecular weight excluding hydrogens is 324 g/mol. The number of hydrogen-bond acceptors (Lipinski definition) is 3. The highest BCUT2D eigenvalue weighted by molar-refractivity contribution is 5.49. The van der Waals surface area contributed by atoms with Crippen LogP contribution in [0.25, 0.3) is 0 Å². The zero-order chi connectivity index (χ0) is 18.9. The Labute approximate surface area is 157 Å². The Morgan fingerprint density at radius 2 is 2.08 bits per heavy atom. The van der Waals surface area contributed by atoms with E-state index < -0.39 is 12.2 Å². The summed E-state index contributed by atoms with van der Waals surface area (Å²) >= 11 is 0. The van der Waals surface area contributed by atoms with Gasteiger partial charge in [-0.2, -0.15) is 0 Å². The summed E-state index contributed by atoms with van der Waals surface area (Å²) in [7, 11) is 0. The van der Waals surface area contributed by atoms with Gasteiger partial charge in [-0.15, -0.1) is 0 Å². The molecule has 0 bridgehead atoms. The molecule has 0 aliphatic heterocycles. The van der Waals surface area contributed by atoms with Crippen LogP contribution in [0, 0.1) is 23.2 Å². The summed E-state index contributed by atoms with van der Waals surface area (Å²) in [6.07, 6.45) is 12.0. The van der Waals surface area contributed by atoms with E-state index in [2.05, 4.69) is 32.6 Å². The van der Waals surface area contributed by atoms with Crippen molar-refractivity contribution < 1.29 is 15.0 Å². The first-order valence-corrected chi connectivity index (χ1v) is 10.3. The van der Waals surface area contributed by atoms with Crippen molar-refractivity contribution in [1.29, 1.82) is 0 Å². The van der Waals surface area contributed by atoms with Crippen LogP contribution in [0.2, 0.25) is 0 Å². The molecule has 3 rings (SSSR count). The summed E-state index contributed by atoms with van der Waals surface area (Å²) in [6, 6.07) is 0. The van der Waals surface area contributed by atoms with Crippen LogP contribution in [0.15, 0.2) is 35.5 Å². The van der Waals surface area contributed by atoms with Crippen LogP contribution >= 0.6 is 0 Å². The zero-order valence-electron chi connectivity index (χ0n) is 16.3. The Bertz CT molecular complexity index is 617. The Balaban J connectivity index is 1.81. The van der Waals surface area contributed by atoms with Gasteiger partial charge in [-0.1, -0.05) is 38.2 Å². The predicted molar refractivity (Wildman–Crippen MR) is 105 cm³/mol. The lowest BCUT2D eigenvalue weighted by Crippen LogP contribution is -2.36. The van der Waals surface area contributed by atoms with Gasteiger partial charge in [0.05, 0.1) is 12.2 Å². The molecule has 26 heavy (non-hydrogen) atoms. The monoisotopic (exact) mass is 358 g/mol. The van der Waals surface area contributed by atoms with E-state index in [0.29, 0.717) is 42.4 Å². The van der Waals surface area contributed by atoms with Crippen LogP contribution in [0.5, 0.6) is 0 Å². The van der Waals surface area contributed by atoms with E-state index in [1.165, 1.54) is 31.3 Å². The highest BCUT2D eigenvalue weighted by atomic mass is 16.3. The second-order valence-corrected chi connectivity index (χ2v) is 9.04. The number of hydrogen-bond donors (Lipinski definition) is 2. The predicted octanol–water partition coefficient (Wildman–Crippen LogP) is 4.35. The molecule has 0 heterocycles. The Morgan fingerprint density at radius 1 is 1.31 bits per heavy atom. The van der Waals surface area contributed by atoms with Gasteiger partial charge in [-0.3, -0.25) is 0 Å². The second-order valence-electron chi connectivity index (χ2n) is 9.04. The maximum atomic E-state index is 11.0. The van der Waals surface area contributed by atoms with Crippen molar-refractivity contribution in [3.63, 3.8) is 0 Å². The third-order valence-corrected chi connectivity index (χ3v) is 7.46. The van der Waals surface area contributed by atoms with E-state index in [4.69, 9.17) is 0 Å². The van der Waals surface area contributed by atoms with Crippen LogP contribution in [-0.2, 0) is 4.79 Å². The number of rotatable bonds is 4. The largest absolute Gasteiger partial charge is 0.393 e. The van der Waals surface area contributed by atoms with Crippen molar-refractivity contribution in [2.24, 2.45) is 23.2 Å². The molecule has 3 saturated carbocycles. The van der Waals surface area contributed by atoms with Gasteiger partial charge >= 0.3 is 0 Å². The zero-order valence-corrected chi connectivity index (χ0v) is 16.3. The molecule has 0 aromatic rings. The number of aldehydes is 1. The average Bonchev–Trinajstić information content (AvgIpc) is 2.94. The molecule has 6 atom stereocenters. The van der Waals surface area contributed by atoms with Crippen LogP contribution in [0.1, 0.15) is 65.2 Å². The van der Waals surface area contributed by atoms with E-state index in [0.717, 1.165) is 23.9 Å². The van der Waals surface area contributed by atoms with Gasteiger partial charge in [0, 0.05) is 12.8 Å². The van der Waals surface area contributed by atoms with E-state index in [1.54, 1.807) is 0 Å². The van der Waals surface area contributed by atoms with Gasteiger partial charge < -0.3 is 15.0 Å². The summed E-state index contributed by atoms with van der Waals surface area (Å²) in [5.74, 6) is 1.69. The fraction of sp³-hybridized carbons (Fsp3) is 0.696. The first-order valence-electron chi connectivity index (χ1n) is 10.3. The highest BCUT2D eigenvalue weighted by Crippen LogP contribution is 2.59. The third kappa shape index (κ3) is 3.61. The highest BCUT2D eigenvalue weighted by Gasteiger charge is 2.50. The molecule has 0 saturated heterocycles. The van der Waals surface area contributed by atoms with E-state index in [-0.39, 0.29) is 0 Å². The lowest BCUT2D eigenvalue weighted by molar-refractivity contribution is -0.109. The minimum Gasteiger partial charge on any atom is -0.393 e. The van der Waals surface area contributed by atoms with Gasteiger partial charge in [0.25, 0.3) is 0 Å². The Morgan fingerprint density at radius 3 is 2.81 bits per heavy atom. The topological polar surface area (TPSA) is 57.5 Å². The molecule has 0 aromatic carbocycles. The van der Waals surface area contributed by atoms with Crippen molar-refractivity contribution in [2.45, 2.75) is 77.4 Å². The molecule has 3 aliphatic carbocycles. The summed E-state index contributed by atoms with van der Waals surface area (Å²) in [4.78, 5) is 11.0. The molecule has 3 aliphatic rings. The van der Waals surface area contributed by atoms with E-state index >= 15 is 0 Å². The second kappa shape index (κ2) is 7.82. The van der Waals surface area contributed by atoms with Gasteiger partial charge in [0.2, 0.25) is 0 Å². The van der Waals surface area contributed by atoms with Crippen molar-refractivity contribution in [3.8, 4) is 0 Å². The van der Waals surface area contributed by atoms with Crippen molar-refractivity contribution >= 4 is 6.29 Å². The van der Waals surface area contributed by atoms with E-state index in [9.17, 15) is 15.0 Å². The minimum absolute atomic E-state index is 0.299. The molecule has 3 nitrogen and oxygen atoms in total. The maximum Gasteiger partial charge on any atom is 0.120 e.